The second-order valence-electron chi connectivity index (χ2n) is 6.94. The maximum Gasteiger partial charge on any atom is 0.409 e. The molecule has 158 valence electrons. The van der Waals surface area contributed by atoms with Crippen LogP contribution in [0.5, 0.6) is 0 Å². The lowest BCUT2D eigenvalue weighted by Gasteiger charge is -2.33. The first kappa shape index (κ1) is 20.7. The summed E-state index contributed by atoms with van der Waals surface area (Å²) in [6, 6.07) is 10.7. The van der Waals surface area contributed by atoms with Gasteiger partial charge in [0.2, 0.25) is 5.95 Å². The number of carbonyl (C=O) groups is 1. The molecule has 3 aromatic rings. The van der Waals surface area contributed by atoms with Crippen molar-refractivity contribution in [2.24, 2.45) is 0 Å². The average Bonchev–Trinajstić information content (AvgIpc) is 3.36. The highest BCUT2D eigenvalue weighted by Gasteiger charge is 2.48. The van der Waals surface area contributed by atoms with Gasteiger partial charge in [0.25, 0.3) is 5.91 Å². The van der Waals surface area contributed by atoms with E-state index in [9.17, 15) is 18.0 Å². The summed E-state index contributed by atoms with van der Waals surface area (Å²) in [5.41, 5.74) is 0.818. The fraction of sp³-hybridized carbons (Fsp3) is 0.300. The third kappa shape index (κ3) is 4.17. The highest BCUT2D eigenvalue weighted by atomic mass is 35.5. The highest BCUT2D eigenvalue weighted by Crippen LogP contribution is 2.46. The van der Waals surface area contributed by atoms with E-state index in [1.807, 2.05) is 30.3 Å². The number of alkyl halides is 3. The number of hydrogen-bond donors (Lipinski definition) is 2. The van der Waals surface area contributed by atoms with Gasteiger partial charge >= 0.3 is 6.18 Å². The minimum Gasteiger partial charge on any atom is -0.350 e. The van der Waals surface area contributed by atoms with E-state index in [0.717, 1.165) is 15.0 Å². The van der Waals surface area contributed by atoms with E-state index in [1.54, 1.807) is 17.5 Å². The van der Waals surface area contributed by atoms with Crippen LogP contribution in [0.15, 0.2) is 47.8 Å². The maximum atomic E-state index is 13.8. The third-order valence-electron chi connectivity index (χ3n) is 4.95. The standard InChI is InChI=1S/C20H18ClF3N4OS/c21-17-16(18(29)25-9-8-12-5-2-1-3-6-12)27-19-26-13(14-7-4-10-30-14)11-15(28(17)19)20(22,23)24/h1-7,10,13,15H,8-9,11H2,(H,25,29)(H,26,27)/t13-,15-/m0/s1. The first-order chi connectivity index (χ1) is 14.3. The fourth-order valence-corrected chi connectivity index (χ4v) is 4.61. The fourth-order valence-electron chi connectivity index (χ4n) is 3.49. The molecule has 1 aromatic carbocycles. The molecule has 3 heterocycles. The summed E-state index contributed by atoms with van der Waals surface area (Å²) >= 11 is 7.57. The van der Waals surface area contributed by atoms with E-state index >= 15 is 0 Å². The summed E-state index contributed by atoms with van der Waals surface area (Å²) in [6.45, 7) is 0.315. The van der Waals surface area contributed by atoms with Gasteiger partial charge in [-0.25, -0.2) is 4.98 Å². The van der Waals surface area contributed by atoms with Crippen LogP contribution >= 0.6 is 22.9 Å². The number of aromatic nitrogens is 2. The van der Waals surface area contributed by atoms with Gasteiger partial charge in [-0.2, -0.15) is 13.2 Å². The largest absolute Gasteiger partial charge is 0.409 e. The van der Waals surface area contributed by atoms with E-state index in [1.165, 1.54) is 11.3 Å². The second kappa shape index (κ2) is 8.31. The Kier molecular flexibility index (Phi) is 5.75. The number of nitrogens with zero attached hydrogens (tertiary/aromatic N) is 2. The van der Waals surface area contributed by atoms with Gasteiger partial charge in [0.05, 0.1) is 6.04 Å². The van der Waals surface area contributed by atoms with E-state index in [0.29, 0.717) is 13.0 Å². The molecule has 30 heavy (non-hydrogen) atoms. The average molecular weight is 455 g/mol. The highest BCUT2D eigenvalue weighted by molar-refractivity contribution is 7.10. The summed E-state index contributed by atoms with van der Waals surface area (Å²) in [7, 11) is 0. The Hall–Kier alpha value is -2.52. The number of anilines is 1. The molecule has 1 amide bonds. The molecule has 0 bridgehead atoms. The van der Waals surface area contributed by atoms with Crippen molar-refractivity contribution in [2.75, 3.05) is 11.9 Å². The van der Waals surface area contributed by atoms with E-state index < -0.39 is 24.2 Å². The molecule has 10 heteroatoms. The molecule has 2 N–H and O–H groups in total. The number of imidazole rings is 1. The smallest absolute Gasteiger partial charge is 0.350 e. The topological polar surface area (TPSA) is 59.0 Å². The molecule has 2 aromatic heterocycles. The summed E-state index contributed by atoms with van der Waals surface area (Å²) in [6.07, 6.45) is -4.18. The zero-order valence-electron chi connectivity index (χ0n) is 15.6. The van der Waals surface area contributed by atoms with E-state index in [4.69, 9.17) is 11.6 Å². The molecular formula is C20H18ClF3N4OS. The molecule has 2 atom stereocenters. The summed E-state index contributed by atoms with van der Waals surface area (Å²) < 4.78 is 42.2. The number of amides is 1. The number of halogens is 4. The minimum absolute atomic E-state index is 0.0554. The molecule has 0 saturated heterocycles. The van der Waals surface area contributed by atoms with Crippen molar-refractivity contribution in [1.29, 1.82) is 0 Å². The van der Waals surface area contributed by atoms with E-state index in [2.05, 4.69) is 15.6 Å². The van der Waals surface area contributed by atoms with Crippen molar-refractivity contribution in [3.8, 4) is 0 Å². The van der Waals surface area contributed by atoms with Crippen LogP contribution in [0.1, 0.15) is 39.4 Å². The van der Waals surface area contributed by atoms with Gasteiger partial charge in [-0.3, -0.25) is 9.36 Å². The van der Waals surface area contributed by atoms with Gasteiger partial charge in [-0.1, -0.05) is 48.0 Å². The lowest BCUT2D eigenvalue weighted by atomic mass is 10.0. The van der Waals surface area contributed by atoms with Crippen molar-refractivity contribution < 1.29 is 18.0 Å². The molecular weight excluding hydrogens is 437 g/mol. The Bertz CT molecular complexity index is 1020. The van der Waals surface area contributed by atoms with E-state index in [-0.39, 0.29) is 23.2 Å². The Labute approximate surface area is 179 Å². The number of benzene rings is 1. The first-order valence-corrected chi connectivity index (χ1v) is 10.6. The van der Waals surface area contributed by atoms with Gasteiger partial charge in [0.1, 0.15) is 11.2 Å². The van der Waals surface area contributed by atoms with Crippen molar-refractivity contribution in [1.82, 2.24) is 14.9 Å². The molecule has 0 radical (unpaired) electrons. The number of carbonyl (C=O) groups excluding carboxylic acids is 1. The number of hydrogen-bond acceptors (Lipinski definition) is 4. The predicted octanol–water partition coefficient (Wildman–Crippen LogP) is 5.23. The van der Waals surface area contributed by atoms with Gasteiger partial charge in [0, 0.05) is 17.8 Å². The molecule has 1 aliphatic rings. The third-order valence-corrected chi connectivity index (χ3v) is 6.30. The van der Waals surface area contributed by atoms with Crippen molar-refractivity contribution in [2.45, 2.75) is 31.1 Å². The molecule has 1 aliphatic heterocycles. The van der Waals surface area contributed by atoms with Gasteiger partial charge in [0.15, 0.2) is 5.69 Å². The number of nitrogens with one attached hydrogen (secondary N) is 2. The van der Waals surface area contributed by atoms with Gasteiger partial charge in [-0.15, -0.1) is 11.3 Å². The summed E-state index contributed by atoms with van der Waals surface area (Å²) in [5, 5.41) is 7.17. The summed E-state index contributed by atoms with van der Waals surface area (Å²) in [4.78, 5) is 17.4. The molecule has 4 rings (SSSR count). The molecule has 0 fully saturated rings. The van der Waals surface area contributed by atoms with Crippen LogP contribution in [0.3, 0.4) is 0 Å². The lowest BCUT2D eigenvalue weighted by molar-refractivity contribution is -0.171. The lowest BCUT2D eigenvalue weighted by Crippen LogP contribution is -2.35. The van der Waals surface area contributed by atoms with Crippen molar-refractivity contribution >= 4 is 34.8 Å². The van der Waals surface area contributed by atoms with Crippen LogP contribution in [0, 0.1) is 0 Å². The van der Waals surface area contributed by atoms with Gasteiger partial charge < -0.3 is 10.6 Å². The Morgan fingerprint density at radius 3 is 2.70 bits per heavy atom. The predicted molar refractivity (Wildman–Crippen MR) is 110 cm³/mol. The zero-order chi connectivity index (χ0) is 21.3. The SMILES string of the molecule is O=C(NCCc1ccccc1)c1nc2n(c1Cl)[C@H](C(F)(F)F)C[C@@H](c1cccs1)N2. The minimum atomic E-state index is -4.53. The molecule has 0 aliphatic carbocycles. The Morgan fingerprint density at radius 1 is 1.27 bits per heavy atom. The number of rotatable bonds is 5. The van der Waals surface area contributed by atoms with Crippen LogP contribution < -0.4 is 10.6 Å². The number of thiophene rings is 1. The zero-order valence-corrected chi connectivity index (χ0v) is 17.2. The first-order valence-electron chi connectivity index (χ1n) is 9.31. The quantitative estimate of drug-likeness (QED) is 0.555. The van der Waals surface area contributed by atoms with Crippen LogP contribution in [0.2, 0.25) is 5.15 Å². The number of fused-ring (bicyclic) bond motifs is 1. The van der Waals surface area contributed by atoms with Crippen molar-refractivity contribution in [3.05, 3.63) is 69.1 Å². The molecule has 0 saturated carbocycles. The molecule has 0 spiro atoms. The van der Waals surface area contributed by atoms with Crippen LogP contribution in [-0.2, 0) is 6.42 Å². The van der Waals surface area contributed by atoms with Crippen LogP contribution in [0.4, 0.5) is 19.1 Å². The summed E-state index contributed by atoms with van der Waals surface area (Å²) in [5.74, 6) is -0.659. The monoisotopic (exact) mass is 454 g/mol. The van der Waals surface area contributed by atoms with Crippen LogP contribution in [0.25, 0.3) is 0 Å². The van der Waals surface area contributed by atoms with Crippen molar-refractivity contribution in [3.63, 3.8) is 0 Å². The molecule has 5 nitrogen and oxygen atoms in total. The molecule has 0 unspecified atom stereocenters. The Balaban J connectivity index is 1.56. The normalized spacial score (nSPS) is 18.5. The maximum absolute atomic E-state index is 13.8. The van der Waals surface area contributed by atoms with Gasteiger partial charge in [-0.05, 0) is 23.4 Å². The second-order valence-corrected chi connectivity index (χ2v) is 8.28. The van der Waals surface area contributed by atoms with Crippen LogP contribution in [-0.4, -0.2) is 28.2 Å². The Morgan fingerprint density at radius 2 is 2.03 bits per heavy atom.